The Morgan fingerprint density at radius 2 is 1.85 bits per heavy atom. The number of hydrogen-bond acceptors (Lipinski definition) is 4. The van der Waals surface area contributed by atoms with Crippen molar-refractivity contribution in [2.45, 2.75) is 13.8 Å². The largest absolute Gasteiger partial charge is 0.492 e. The van der Waals surface area contributed by atoms with Gasteiger partial charge in [0, 0.05) is 23.3 Å². The van der Waals surface area contributed by atoms with Crippen molar-refractivity contribution in [2.24, 2.45) is 0 Å². The van der Waals surface area contributed by atoms with Gasteiger partial charge in [-0.05, 0) is 58.3 Å². The van der Waals surface area contributed by atoms with Crippen molar-refractivity contribution in [3.05, 3.63) is 59.8 Å². The number of fused-ring (bicyclic) bond motifs is 1. The summed E-state index contributed by atoms with van der Waals surface area (Å²) < 4.78 is 13.3. The van der Waals surface area contributed by atoms with Crippen LogP contribution in [-0.4, -0.2) is 49.3 Å². The van der Waals surface area contributed by atoms with Gasteiger partial charge in [0.15, 0.2) is 0 Å². The summed E-state index contributed by atoms with van der Waals surface area (Å²) in [5.41, 5.74) is 3.42. The van der Waals surface area contributed by atoms with Crippen LogP contribution in [0.2, 0.25) is 0 Å². The summed E-state index contributed by atoms with van der Waals surface area (Å²) in [6.07, 6.45) is 0. The Morgan fingerprint density at radius 1 is 1.11 bits per heavy atom. The number of esters is 1. The average Bonchev–Trinajstić information content (AvgIpc) is 2.93. The number of para-hydroxylation sites is 1. The third-order valence-corrected chi connectivity index (χ3v) is 4.48. The Balaban J connectivity index is 2.11. The smallest absolute Gasteiger partial charge is 0.340 e. The van der Waals surface area contributed by atoms with Gasteiger partial charge in [-0.3, -0.25) is 0 Å². The summed E-state index contributed by atoms with van der Waals surface area (Å²) >= 11 is 0. The quantitative estimate of drug-likeness (QED) is 0.592. The zero-order chi connectivity index (χ0) is 19.4. The first-order valence-corrected chi connectivity index (χ1v) is 9.18. The number of likely N-dealkylation sites (N-methyl/N-ethyl adjacent to an activating group) is 1. The minimum atomic E-state index is -0.305. The lowest BCUT2D eigenvalue weighted by atomic mass is 10.1. The van der Waals surface area contributed by atoms with Crippen LogP contribution in [0.25, 0.3) is 16.6 Å². The molecule has 0 saturated heterocycles. The summed E-state index contributed by atoms with van der Waals surface area (Å²) in [7, 11) is 4.02. The molecule has 3 rings (SSSR count). The number of hydrogen-bond donors (Lipinski definition) is 0. The van der Waals surface area contributed by atoms with E-state index in [1.807, 2.05) is 76.5 Å². The van der Waals surface area contributed by atoms with Gasteiger partial charge in [0.05, 0.1) is 17.7 Å². The van der Waals surface area contributed by atoms with Gasteiger partial charge in [-0.2, -0.15) is 0 Å². The minimum Gasteiger partial charge on any atom is -0.492 e. The molecule has 0 N–H and O–H groups in total. The molecule has 0 spiro atoms. The van der Waals surface area contributed by atoms with Crippen molar-refractivity contribution in [1.29, 1.82) is 0 Å². The Morgan fingerprint density at radius 3 is 2.52 bits per heavy atom. The van der Waals surface area contributed by atoms with Gasteiger partial charge >= 0.3 is 5.97 Å². The molecule has 1 aromatic heterocycles. The predicted octanol–water partition coefficient (Wildman–Crippen LogP) is 4.06. The van der Waals surface area contributed by atoms with Crippen molar-refractivity contribution < 1.29 is 14.3 Å². The molecule has 5 nitrogen and oxygen atoms in total. The van der Waals surface area contributed by atoms with E-state index >= 15 is 0 Å². The topological polar surface area (TPSA) is 43.7 Å². The highest BCUT2D eigenvalue weighted by Crippen LogP contribution is 2.32. The molecule has 1 heterocycles. The van der Waals surface area contributed by atoms with Gasteiger partial charge in [0.2, 0.25) is 0 Å². The molecule has 2 aromatic carbocycles. The number of rotatable bonds is 7. The van der Waals surface area contributed by atoms with Gasteiger partial charge < -0.3 is 18.9 Å². The van der Waals surface area contributed by atoms with Crippen molar-refractivity contribution in [1.82, 2.24) is 9.47 Å². The third kappa shape index (κ3) is 3.98. The lowest BCUT2D eigenvalue weighted by Gasteiger charge is -2.11. The van der Waals surface area contributed by atoms with Crippen LogP contribution in [0.15, 0.2) is 48.5 Å². The van der Waals surface area contributed by atoms with E-state index in [4.69, 9.17) is 9.47 Å². The number of carbonyl (C=O) groups is 1. The summed E-state index contributed by atoms with van der Waals surface area (Å²) in [4.78, 5) is 14.7. The normalized spacial score (nSPS) is 11.1. The summed E-state index contributed by atoms with van der Waals surface area (Å²) in [6, 6.07) is 15.9. The van der Waals surface area contributed by atoms with E-state index in [1.54, 1.807) is 0 Å². The molecule has 0 bridgehead atoms. The van der Waals surface area contributed by atoms with E-state index in [9.17, 15) is 4.79 Å². The van der Waals surface area contributed by atoms with E-state index in [2.05, 4.69) is 9.47 Å². The molecular weight excluding hydrogens is 340 g/mol. The van der Waals surface area contributed by atoms with Crippen molar-refractivity contribution in [2.75, 3.05) is 33.9 Å². The molecule has 0 radical (unpaired) electrons. The van der Waals surface area contributed by atoms with Crippen molar-refractivity contribution in [3.63, 3.8) is 0 Å². The zero-order valence-electron chi connectivity index (χ0n) is 16.4. The monoisotopic (exact) mass is 366 g/mol. The molecule has 0 atom stereocenters. The summed E-state index contributed by atoms with van der Waals surface area (Å²) in [6.45, 7) is 5.53. The SMILES string of the molecule is CCOC(=O)c1c(C)n(-c2ccccc2)c2ccc(OCCN(C)C)cc12. The van der Waals surface area contributed by atoms with Gasteiger partial charge in [-0.1, -0.05) is 18.2 Å². The maximum Gasteiger partial charge on any atom is 0.340 e. The molecule has 0 aliphatic carbocycles. The fraction of sp³-hybridized carbons (Fsp3) is 0.318. The molecule has 142 valence electrons. The Kier molecular flexibility index (Phi) is 5.81. The van der Waals surface area contributed by atoms with E-state index in [1.165, 1.54) is 0 Å². The fourth-order valence-corrected chi connectivity index (χ4v) is 3.20. The van der Waals surface area contributed by atoms with Crippen LogP contribution in [0.3, 0.4) is 0 Å². The minimum absolute atomic E-state index is 0.305. The van der Waals surface area contributed by atoms with Gasteiger partial charge in [0.25, 0.3) is 0 Å². The molecule has 0 aliphatic heterocycles. The van der Waals surface area contributed by atoms with Gasteiger partial charge in [-0.15, -0.1) is 0 Å². The first-order valence-electron chi connectivity index (χ1n) is 9.18. The molecule has 0 saturated carbocycles. The van der Waals surface area contributed by atoms with Crippen LogP contribution in [-0.2, 0) is 4.74 Å². The number of carbonyl (C=O) groups excluding carboxylic acids is 1. The molecular formula is C22H26N2O3. The molecule has 0 amide bonds. The second-order valence-corrected chi connectivity index (χ2v) is 6.68. The maximum absolute atomic E-state index is 12.7. The lowest BCUT2D eigenvalue weighted by Crippen LogP contribution is -2.19. The maximum atomic E-state index is 12.7. The Bertz CT molecular complexity index is 930. The first kappa shape index (κ1) is 19.0. The van der Waals surface area contributed by atoms with Crippen LogP contribution in [0.4, 0.5) is 0 Å². The predicted molar refractivity (Wildman–Crippen MR) is 108 cm³/mol. The van der Waals surface area contributed by atoms with Crippen LogP contribution in [0, 0.1) is 6.92 Å². The highest BCUT2D eigenvalue weighted by molar-refractivity contribution is 6.07. The van der Waals surface area contributed by atoms with Crippen LogP contribution in [0.5, 0.6) is 5.75 Å². The Hall–Kier alpha value is -2.79. The number of benzene rings is 2. The molecule has 3 aromatic rings. The van der Waals surface area contributed by atoms with Crippen LogP contribution >= 0.6 is 0 Å². The van der Waals surface area contributed by atoms with E-state index in [-0.39, 0.29) is 5.97 Å². The summed E-state index contributed by atoms with van der Waals surface area (Å²) in [5.74, 6) is 0.445. The molecule has 5 heteroatoms. The highest BCUT2D eigenvalue weighted by atomic mass is 16.5. The second-order valence-electron chi connectivity index (χ2n) is 6.68. The number of nitrogens with zero attached hydrogens (tertiary/aromatic N) is 2. The van der Waals surface area contributed by atoms with Crippen LogP contribution in [0.1, 0.15) is 23.0 Å². The first-order chi connectivity index (χ1) is 13.0. The molecule has 27 heavy (non-hydrogen) atoms. The fourth-order valence-electron chi connectivity index (χ4n) is 3.20. The average molecular weight is 366 g/mol. The van der Waals surface area contributed by atoms with Crippen molar-refractivity contribution in [3.8, 4) is 11.4 Å². The summed E-state index contributed by atoms with van der Waals surface area (Å²) in [5, 5.41) is 0.845. The van der Waals surface area contributed by atoms with E-state index in [0.29, 0.717) is 18.8 Å². The van der Waals surface area contributed by atoms with Gasteiger partial charge in [-0.25, -0.2) is 4.79 Å². The highest BCUT2D eigenvalue weighted by Gasteiger charge is 2.22. The van der Waals surface area contributed by atoms with Gasteiger partial charge in [0.1, 0.15) is 12.4 Å². The third-order valence-electron chi connectivity index (χ3n) is 4.48. The second kappa shape index (κ2) is 8.27. The number of aromatic nitrogens is 1. The standard InChI is InChI=1S/C22H26N2O3/c1-5-26-22(25)21-16(2)24(17-9-7-6-8-10-17)20-12-11-18(15-19(20)21)27-14-13-23(3)4/h6-12,15H,5,13-14H2,1-4H3. The van der Waals surface area contributed by atoms with E-state index < -0.39 is 0 Å². The van der Waals surface area contributed by atoms with Crippen LogP contribution < -0.4 is 4.74 Å². The molecule has 0 fully saturated rings. The molecule has 0 aliphatic rings. The zero-order valence-corrected chi connectivity index (χ0v) is 16.4. The molecule has 0 unspecified atom stereocenters. The van der Waals surface area contributed by atoms with Crippen molar-refractivity contribution >= 4 is 16.9 Å². The lowest BCUT2D eigenvalue weighted by molar-refractivity contribution is 0.0527. The number of ether oxygens (including phenoxy) is 2. The Labute approximate surface area is 160 Å². The van der Waals surface area contributed by atoms with E-state index in [0.717, 1.165) is 34.6 Å².